The van der Waals surface area contributed by atoms with Gasteiger partial charge in [-0.15, -0.1) is 0 Å². The highest BCUT2D eigenvalue weighted by atomic mass is 16.3. The quantitative estimate of drug-likeness (QED) is 0.584. The number of nitrogens with one attached hydrogen (secondary N) is 1. The molecule has 5 nitrogen and oxygen atoms in total. The predicted octanol–water partition coefficient (Wildman–Crippen LogP) is 3.16. The molecule has 2 N–H and O–H groups in total. The van der Waals surface area contributed by atoms with Crippen LogP contribution in [0.25, 0.3) is 0 Å². The molecule has 29 heavy (non-hydrogen) atoms. The molecule has 0 spiro atoms. The van der Waals surface area contributed by atoms with E-state index in [1.165, 1.54) is 22.3 Å². The first kappa shape index (κ1) is 21.3. The molecular weight excluding hydrogens is 360 g/mol. The molecule has 0 aromatic heterocycles. The summed E-state index contributed by atoms with van der Waals surface area (Å²) in [5, 5.41) is 13.1. The summed E-state index contributed by atoms with van der Waals surface area (Å²) in [6, 6.07) is 17.3. The molecule has 0 atom stereocenters. The number of nitrogens with zero attached hydrogens (tertiary/aromatic N) is 3. The molecule has 156 valence electrons. The number of aliphatic imine (C=N–C) groups is 1. The van der Waals surface area contributed by atoms with Crippen LogP contribution in [0.4, 0.5) is 0 Å². The van der Waals surface area contributed by atoms with Crippen molar-refractivity contribution in [2.24, 2.45) is 4.99 Å². The molecule has 1 aliphatic rings. The number of piperidine rings is 1. The second-order valence-electron chi connectivity index (χ2n) is 8.01. The van der Waals surface area contributed by atoms with E-state index in [9.17, 15) is 5.11 Å². The summed E-state index contributed by atoms with van der Waals surface area (Å²) in [6.45, 7) is 6.65. The monoisotopic (exact) mass is 394 g/mol. The van der Waals surface area contributed by atoms with Gasteiger partial charge in [-0.1, -0.05) is 48.5 Å². The van der Waals surface area contributed by atoms with Gasteiger partial charge in [-0.2, -0.15) is 0 Å². The number of rotatable bonds is 6. The lowest BCUT2D eigenvalue weighted by atomic mass is 10.1. The van der Waals surface area contributed by atoms with Crippen LogP contribution in [0.3, 0.4) is 0 Å². The molecule has 1 aliphatic heterocycles. The van der Waals surface area contributed by atoms with E-state index in [0.717, 1.165) is 51.5 Å². The molecule has 2 aromatic rings. The number of guanidine groups is 1. The third-order valence-corrected chi connectivity index (χ3v) is 5.68. The molecule has 2 aromatic carbocycles. The van der Waals surface area contributed by atoms with E-state index in [1.807, 2.05) is 7.05 Å². The summed E-state index contributed by atoms with van der Waals surface area (Å²) in [7, 11) is 3.90. The topological polar surface area (TPSA) is 51.1 Å². The summed E-state index contributed by atoms with van der Waals surface area (Å²) < 4.78 is 0. The first-order chi connectivity index (χ1) is 14.0. The zero-order chi connectivity index (χ0) is 20.6. The first-order valence-electron chi connectivity index (χ1n) is 10.5. The van der Waals surface area contributed by atoms with Crippen molar-refractivity contribution in [3.05, 3.63) is 70.8 Å². The second kappa shape index (κ2) is 10.4. The Labute approximate surface area is 175 Å². The van der Waals surface area contributed by atoms with E-state index < -0.39 is 0 Å². The van der Waals surface area contributed by atoms with Gasteiger partial charge in [0.25, 0.3) is 0 Å². The maximum absolute atomic E-state index is 9.64. The number of aliphatic hydroxyl groups excluding tert-OH is 1. The van der Waals surface area contributed by atoms with E-state index in [4.69, 9.17) is 0 Å². The van der Waals surface area contributed by atoms with Gasteiger partial charge < -0.3 is 15.3 Å². The van der Waals surface area contributed by atoms with Crippen molar-refractivity contribution in [3.8, 4) is 0 Å². The van der Waals surface area contributed by atoms with Crippen molar-refractivity contribution in [1.82, 2.24) is 15.1 Å². The van der Waals surface area contributed by atoms with Gasteiger partial charge in [-0.25, -0.2) is 0 Å². The molecule has 3 rings (SSSR count). The highest BCUT2D eigenvalue weighted by Crippen LogP contribution is 2.14. The minimum Gasteiger partial charge on any atom is -0.393 e. The Bertz CT molecular complexity index is 795. The Hall–Kier alpha value is -2.37. The maximum Gasteiger partial charge on any atom is 0.193 e. The number of hydrogen-bond acceptors (Lipinski definition) is 3. The van der Waals surface area contributed by atoms with E-state index in [2.05, 4.69) is 82.6 Å². The van der Waals surface area contributed by atoms with Crippen LogP contribution in [0.5, 0.6) is 0 Å². The van der Waals surface area contributed by atoms with Crippen molar-refractivity contribution >= 4 is 5.96 Å². The molecule has 1 fully saturated rings. The Kier molecular flexibility index (Phi) is 7.67. The lowest BCUT2D eigenvalue weighted by molar-refractivity contribution is 0.0792. The van der Waals surface area contributed by atoms with Crippen molar-refractivity contribution in [2.75, 3.05) is 27.2 Å². The Morgan fingerprint density at radius 2 is 1.76 bits per heavy atom. The van der Waals surface area contributed by atoms with Crippen LogP contribution >= 0.6 is 0 Å². The zero-order valence-electron chi connectivity index (χ0n) is 17.9. The molecule has 0 saturated carbocycles. The summed E-state index contributed by atoms with van der Waals surface area (Å²) >= 11 is 0. The smallest absolute Gasteiger partial charge is 0.193 e. The number of benzene rings is 2. The fourth-order valence-electron chi connectivity index (χ4n) is 3.78. The third kappa shape index (κ3) is 6.31. The van der Waals surface area contributed by atoms with Crippen molar-refractivity contribution in [1.29, 1.82) is 0 Å². The number of aliphatic hydroxyl groups is 1. The highest BCUT2D eigenvalue weighted by molar-refractivity contribution is 5.79. The molecule has 1 heterocycles. The average molecular weight is 395 g/mol. The molecule has 0 radical (unpaired) electrons. The lowest BCUT2D eigenvalue weighted by Crippen LogP contribution is -2.38. The molecule has 0 amide bonds. The van der Waals surface area contributed by atoms with Gasteiger partial charge in [0.2, 0.25) is 0 Å². The molecular formula is C24H34N4O. The lowest BCUT2D eigenvalue weighted by Gasteiger charge is -2.29. The van der Waals surface area contributed by atoms with E-state index in [0.29, 0.717) is 0 Å². The maximum atomic E-state index is 9.64. The van der Waals surface area contributed by atoms with Crippen LogP contribution in [0.2, 0.25) is 0 Å². The summed E-state index contributed by atoms with van der Waals surface area (Å²) in [4.78, 5) is 9.01. The van der Waals surface area contributed by atoms with Gasteiger partial charge in [0.1, 0.15) is 0 Å². The van der Waals surface area contributed by atoms with Crippen molar-refractivity contribution in [2.45, 2.75) is 45.5 Å². The van der Waals surface area contributed by atoms with Crippen LogP contribution in [0.1, 0.15) is 35.1 Å². The van der Waals surface area contributed by atoms with Gasteiger partial charge in [0.05, 0.1) is 6.10 Å². The molecule has 0 unspecified atom stereocenters. The number of likely N-dealkylation sites (tertiary alicyclic amines) is 1. The van der Waals surface area contributed by atoms with Gasteiger partial charge >= 0.3 is 0 Å². The Balaban J connectivity index is 1.49. The zero-order valence-corrected chi connectivity index (χ0v) is 17.9. The van der Waals surface area contributed by atoms with Crippen LogP contribution in [-0.2, 0) is 19.6 Å². The fraction of sp³-hybridized carbons (Fsp3) is 0.458. The van der Waals surface area contributed by atoms with Crippen LogP contribution in [0.15, 0.2) is 53.5 Å². The summed E-state index contributed by atoms with van der Waals surface area (Å²) in [6.07, 6.45) is 1.66. The van der Waals surface area contributed by atoms with Gasteiger partial charge in [0.15, 0.2) is 5.96 Å². The largest absolute Gasteiger partial charge is 0.393 e. The molecule has 0 bridgehead atoms. The average Bonchev–Trinajstić information content (AvgIpc) is 2.73. The van der Waals surface area contributed by atoms with Crippen LogP contribution < -0.4 is 5.32 Å². The molecule has 0 aliphatic carbocycles. The minimum absolute atomic E-state index is 0.113. The summed E-state index contributed by atoms with van der Waals surface area (Å²) in [5.41, 5.74) is 5.18. The first-order valence-corrected chi connectivity index (χ1v) is 10.5. The van der Waals surface area contributed by atoms with Crippen LogP contribution in [0, 0.1) is 6.92 Å². The Morgan fingerprint density at radius 3 is 2.41 bits per heavy atom. The highest BCUT2D eigenvalue weighted by Gasteiger charge is 2.16. The van der Waals surface area contributed by atoms with Crippen LogP contribution in [-0.4, -0.2) is 54.2 Å². The van der Waals surface area contributed by atoms with Gasteiger partial charge in [-0.3, -0.25) is 9.89 Å². The second-order valence-corrected chi connectivity index (χ2v) is 8.01. The van der Waals surface area contributed by atoms with E-state index in [-0.39, 0.29) is 6.10 Å². The number of aryl methyl sites for hydroxylation is 1. The van der Waals surface area contributed by atoms with Gasteiger partial charge in [-0.05, 0) is 42.0 Å². The van der Waals surface area contributed by atoms with E-state index >= 15 is 0 Å². The van der Waals surface area contributed by atoms with Crippen molar-refractivity contribution < 1.29 is 5.11 Å². The van der Waals surface area contributed by atoms with Crippen molar-refractivity contribution in [3.63, 3.8) is 0 Å². The fourth-order valence-corrected chi connectivity index (χ4v) is 3.78. The normalized spacial score (nSPS) is 16.1. The predicted molar refractivity (Wildman–Crippen MR) is 120 cm³/mol. The standard InChI is InChI=1S/C24H34N4O/c1-19-6-4-5-7-22(19)18-27(3)24(25-2)26-16-20-8-10-21(11-9-20)17-28-14-12-23(29)13-15-28/h4-11,23,29H,12-18H2,1-3H3,(H,25,26). The molecule has 5 heteroatoms. The summed E-state index contributed by atoms with van der Waals surface area (Å²) in [5.74, 6) is 0.893. The molecule has 1 saturated heterocycles. The SMILES string of the molecule is CN=C(NCc1ccc(CN2CCC(O)CC2)cc1)N(C)Cc1ccccc1C. The third-order valence-electron chi connectivity index (χ3n) is 5.68. The number of hydrogen-bond donors (Lipinski definition) is 2. The van der Waals surface area contributed by atoms with Gasteiger partial charge in [0, 0.05) is 46.8 Å². The minimum atomic E-state index is -0.113. The Morgan fingerprint density at radius 1 is 1.10 bits per heavy atom. The van der Waals surface area contributed by atoms with E-state index in [1.54, 1.807) is 0 Å².